The van der Waals surface area contributed by atoms with Gasteiger partial charge in [0.2, 0.25) is 0 Å². The molecule has 0 aromatic heterocycles. The van der Waals surface area contributed by atoms with Gasteiger partial charge in [0.05, 0.1) is 23.9 Å². The zero-order valence-electron chi connectivity index (χ0n) is 29.5. The number of fused-ring (bicyclic) bond motifs is 1. The highest BCUT2D eigenvalue weighted by Crippen LogP contribution is 2.43. The highest BCUT2D eigenvalue weighted by molar-refractivity contribution is 6.62. The molecular formula is C40H49BCl2FNO3. The van der Waals surface area contributed by atoms with Crippen molar-refractivity contribution in [1.82, 2.24) is 4.90 Å². The van der Waals surface area contributed by atoms with Gasteiger partial charge in [-0.05, 0) is 128 Å². The molecule has 0 radical (unpaired) electrons. The van der Waals surface area contributed by atoms with Crippen molar-refractivity contribution in [1.29, 1.82) is 0 Å². The van der Waals surface area contributed by atoms with E-state index in [1.165, 1.54) is 22.3 Å². The third-order valence-electron chi connectivity index (χ3n) is 10.7. The second kappa shape index (κ2) is 13.8. The highest BCUT2D eigenvalue weighted by atomic mass is 35.5. The molecule has 0 spiro atoms. The molecule has 4 nitrogen and oxygen atoms in total. The SMILES string of the molecule is CC(C)(C)[C@H]1C(Oc2ccc(C3=C(c4ccc(Cl)cc4Cl)CCCc4cc(B5OC(C)(C)C(C)(C)O5)ccc43)cc2)CCN1CCCF. The van der Waals surface area contributed by atoms with Gasteiger partial charge in [-0.3, -0.25) is 9.29 Å². The fourth-order valence-corrected chi connectivity index (χ4v) is 8.23. The lowest BCUT2D eigenvalue weighted by molar-refractivity contribution is 0.00578. The van der Waals surface area contributed by atoms with Crippen LogP contribution in [0.15, 0.2) is 60.7 Å². The first-order chi connectivity index (χ1) is 22.7. The Morgan fingerprint density at radius 2 is 1.60 bits per heavy atom. The van der Waals surface area contributed by atoms with E-state index in [2.05, 4.69) is 95.8 Å². The van der Waals surface area contributed by atoms with Gasteiger partial charge in [-0.25, -0.2) is 0 Å². The Hall–Kier alpha value is -2.35. The van der Waals surface area contributed by atoms with Crippen LogP contribution in [0.5, 0.6) is 5.75 Å². The molecule has 0 N–H and O–H groups in total. The van der Waals surface area contributed by atoms with Crippen LogP contribution >= 0.6 is 23.2 Å². The molecule has 48 heavy (non-hydrogen) atoms. The number of benzene rings is 3. The van der Waals surface area contributed by atoms with Crippen molar-refractivity contribution in [3.05, 3.63) is 93.0 Å². The third-order valence-corrected chi connectivity index (χ3v) is 11.2. The second-order valence-corrected chi connectivity index (χ2v) is 16.5. The van der Waals surface area contributed by atoms with E-state index in [1.807, 2.05) is 18.2 Å². The lowest BCUT2D eigenvalue weighted by Crippen LogP contribution is -2.47. The quantitative estimate of drug-likeness (QED) is 0.220. The Balaban J connectivity index is 1.37. The van der Waals surface area contributed by atoms with E-state index in [1.54, 1.807) is 0 Å². The monoisotopic (exact) mass is 691 g/mol. The van der Waals surface area contributed by atoms with Gasteiger partial charge in [-0.15, -0.1) is 0 Å². The standard InChI is InChI=1S/C40H49BCl2FNO3/c1-38(2,3)37-35(20-23-45(37)22-9-21-44)46-30-16-12-26(13-17-30)36-31-18-14-28(41-47-39(4,5)40(6,7)48-41)24-27(31)10-8-11-33(36)32-19-15-29(42)25-34(32)43/h12-19,24-25,35,37H,8-11,20-23H2,1-7H3/t35?,37-/m1/s1. The minimum atomic E-state index is -0.419. The van der Waals surface area contributed by atoms with Crippen LogP contribution < -0.4 is 10.2 Å². The Labute approximate surface area is 297 Å². The van der Waals surface area contributed by atoms with Crippen LogP contribution in [0, 0.1) is 5.41 Å². The summed E-state index contributed by atoms with van der Waals surface area (Å²) in [6.45, 7) is 16.5. The van der Waals surface area contributed by atoms with Crippen molar-refractivity contribution >= 4 is 46.9 Å². The van der Waals surface area contributed by atoms with Crippen LogP contribution in [0.3, 0.4) is 0 Å². The fourth-order valence-electron chi connectivity index (χ4n) is 7.71. The van der Waals surface area contributed by atoms with E-state index >= 15 is 0 Å². The Kier molecular flexibility index (Phi) is 10.2. The van der Waals surface area contributed by atoms with E-state index in [4.69, 9.17) is 37.2 Å². The minimum absolute atomic E-state index is 0.0119. The predicted molar refractivity (Wildman–Crippen MR) is 198 cm³/mol. The molecule has 0 bridgehead atoms. The first kappa shape index (κ1) is 35.5. The summed E-state index contributed by atoms with van der Waals surface area (Å²) in [5, 5.41) is 1.27. The average Bonchev–Trinajstić information content (AvgIpc) is 3.45. The molecule has 3 aliphatic rings. The first-order valence-electron chi connectivity index (χ1n) is 17.4. The second-order valence-electron chi connectivity index (χ2n) is 15.7. The summed E-state index contributed by atoms with van der Waals surface area (Å²) in [7, 11) is -0.419. The van der Waals surface area contributed by atoms with Crippen molar-refractivity contribution in [2.75, 3.05) is 19.8 Å². The number of likely N-dealkylation sites (tertiary alicyclic amines) is 1. The summed E-state index contributed by atoms with van der Waals surface area (Å²) in [4.78, 5) is 2.41. The van der Waals surface area contributed by atoms with Gasteiger partial charge in [0.1, 0.15) is 11.9 Å². The number of hydrogen-bond acceptors (Lipinski definition) is 4. The molecule has 2 atom stereocenters. The summed E-state index contributed by atoms with van der Waals surface area (Å²) in [6, 6.07) is 21.2. The predicted octanol–water partition coefficient (Wildman–Crippen LogP) is 9.82. The summed E-state index contributed by atoms with van der Waals surface area (Å²) in [6.07, 6.45) is 4.32. The number of ether oxygens (including phenoxy) is 1. The van der Waals surface area contributed by atoms with Crippen LogP contribution in [-0.4, -0.2) is 55.1 Å². The average molecular weight is 693 g/mol. The van der Waals surface area contributed by atoms with Gasteiger partial charge < -0.3 is 14.0 Å². The van der Waals surface area contributed by atoms with Gasteiger partial charge in [0.25, 0.3) is 0 Å². The van der Waals surface area contributed by atoms with Crippen LogP contribution in [0.1, 0.15) is 96.4 Å². The maximum atomic E-state index is 13.1. The number of nitrogens with zero attached hydrogens (tertiary/aromatic N) is 1. The molecular weight excluding hydrogens is 643 g/mol. The lowest BCUT2D eigenvalue weighted by atomic mass is 9.76. The fraction of sp³-hybridized carbons (Fsp3) is 0.500. The molecule has 0 amide bonds. The Morgan fingerprint density at radius 1 is 0.917 bits per heavy atom. The van der Waals surface area contributed by atoms with Gasteiger partial charge >= 0.3 is 7.12 Å². The zero-order valence-corrected chi connectivity index (χ0v) is 31.0. The number of halogens is 3. The molecule has 2 saturated heterocycles. The maximum absolute atomic E-state index is 13.1. The largest absolute Gasteiger partial charge is 0.494 e. The van der Waals surface area contributed by atoms with Gasteiger partial charge in [0.15, 0.2) is 0 Å². The van der Waals surface area contributed by atoms with Crippen LogP contribution in [0.25, 0.3) is 11.1 Å². The topological polar surface area (TPSA) is 30.9 Å². The molecule has 0 saturated carbocycles. The molecule has 2 aliphatic heterocycles. The number of allylic oxidation sites excluding steroid dienone is 1. The van der Waals surface area contributed by atoms with E-state index in [0.29, 0.717) is 16.5 Å². The molecule has 256 valence electrons. The number of alkyl halides is 1. The number of rotatable bonds is 8. The van der Waals surface area contributed by atoms with E-state index in [0.717, 1.165) is 61.1 Å². The van der Waals surface area contributed by atoms with E-state index in [9.17, 15) is 4.39 Å². The molecule has 3 aromatic rings. The van der Waals surface area contributed by atoms with Gasteiger partial charge in [-0.1, -0.05) is 80.4 Å². The van der Waals surface area contributed by atoms with Gasteiger partial charge in [0, 0.05) is 23.1 Å². The lowest BCUT2D eigenvalue weighted by Gasteiger charge is -2.38. The summed E-state index contributed by atoms with van der Waals surface area (Å²) in [5.41, 5.74) is 7.19. The Bertz CT molecular complexity index is 1650. The number of aryl methyl sites for hydroxylation is 1. The molecule has 3 aromatic carbocycles. The first-order valence-corrected chi connectivity index (χ1v) is 18.2. The van der Waals surface area contributed by atoms with E-state index < -0.39 is 18.3 Å². The van der Waals surface area contributed by atoms with Crippen molar-refractivity contribution in [2.45, 2.75) is 104 Å². The summed E-state index contributed by atoms with van der Waals surface area (Å²) >= 11 is 13.2. The highest BCUT2D eigenvalue weighted by Gasteiger charge is 2.52. The normalized spacial score (nSPS) is 22.6. The van der Waals surface area contributed by atoms with Crippen molar-refractivity contribution in [3.63, 3.8) is 0 Å². The smallest absolute Gasteiger partial charge is 0.489 e. The molecule has 2 fully saturated rings. The molecule has 1 unspecified atom stereocenters. The van der Waals surface area contributed by atoms with E-state index in [-0.39, 0.29) is 24.2 Å². The summed E-state index contributed by atoms with van der Waals surface area (Å²) < 4.78 is 32.6. The van der Waals surface area contributed by atoms with Gasteiger partial charge in [-0.2, -0.15) is 0 Å². The van der Waals surface area contributed by atoms with Crippen molar-refractivity contribution in [2.24, 2.45) is 5.41 Å². The zero-order chi connectivity index (χ0) is 34.4. The molecule has 8 heteroatoms. The molecule has 1 aliphatic carbocycles. The number of hydrogen-bond donors (Lipinski definition) is 0. The third kappa shape index (κ3) is 7.12. The molecule has 6 rings (SSSR count). The van der Waals surface area contributed by atoms with Crippen LogP contribution in [-0.2, 0) is 15.7 Å². The van der Waals surface area contributed by atoms with Crippen LogP contribution in [0.2, 0.25) is 10.0 Å². The minimum Gasteiger partial charge on any atom is -0.489 e. The maximum Gasteiger partial charge on any atom is 0.494 e. The van der Waals surface area contributed by atoms with Crippen molar-refractivity contribution in [3.8, 4) is 5.75 Å². The van der Waals surface area contributed by atoms with Crippen molar-refractivity contribution < 1.29 is 18.4 Å². The Morgan fingerprint density at radius 3 is 2.25 bits per heavy atom. The molecule has 2 heterocycles. The van der Waals surface area contributed by atoms with Crippen LogP contribution in [0.4, 0.5) is 4.39 Å². The summed E-state index contributed by atoms with van der Waals surface area (Å²) in [5.74, 6) is 0.849.